The summed E-state index contributed by atoms with van der Waals surface area (Å²) in [5, 5.41) is 4.43. The highest BCUT2D eigenvalue weighted by Gasteiger charge is 2.54. The average Bonchev–Trinajstić information content (AvgIpc) is 3.27. The van der Waals surface area contributed by atoms with Crippen LogP contribution in [0.5, 0.6) is 0 Å². The Balaban J connectivity index is 1.39. The molecule has 5 rings (SSSR count). The summed E-state index contributed by atoms with van der Waals surface area (Å²) < 4.78 is 5.26. The van der Waals surface area contributed by atoms with E-state index in [0.717, 1.165) is 29.6 Å². The minimum Gasteiger partial charge on any atom is -0.417 e. The summed E-state index contributed by atoms with van der Waals surface area (Å²) in [6.45, 7) is 0. The SMILES string of the molecule is O=C(N[C@@H]1C[C@H]2C[C@H]1[C@H]1CCC[C@H]21)c1cc2ccccc2c(=O)o1. The summed E-state index contributed by atoms with van der Waals surface area (Å²) in [5.74, 6) is 3.00. The number of hydrogen-bond donors (Lipinski definition) is 1. The first-order valence-corrected chi connectivity index (χ1v) is 9.04. The first-order chi connectivity index (χ1) is 11.7. The smallest absolute Gasteiger partial charge is 0.344 e. The molecule has 2 bridgehead atoms. The van der Waals surface area contributed by atoms with Gasteiger partial charge in [0.1, 0.15) is 0 Å². The van der Waals surface area contributed by atoms with E-state index in [1.807, 2.05) is 12.1 Å². The second-order valence-corrected chi connectivity index (χ2v) is 7.72. The molecule has 1 amide bonds. The summed E-state index contributed by atoms with van der Waals surface area (Å²) >= 11 is 0. The van der Waals surface area contributed by atoms with Crippen molar-refractivity contribution in [3.05, 3.63) is 46.5 Å². The zero-order valence-electron chi connectivity index (χ0n) is 13.5. The van der Waals surface area contributed by atoms with Crippen molar-refractivity contribution in [2.75, 3.05) is 0 Å². The van der Waals surface area contributed by atoms with E-state index in [2.05, 4.69) is 5.32 Å². The van der Waals surface area contributed by atoms with E-state index in [-0.39, 0.29) is 17.7 Å². The maximum atomic E-state index is 12.6. The van der Waals surface area contributed by atoms with Gasteiger partial charge < -0.3 is 9.73 Å². The normalized spacial score (nSPS) is 33.8. The predicted octanol–water partition coefficient (Wildman–Crippen LogP) is 3.35. The third-order valence-electron chi connectivity index (χ3n) is 6.64. The number of benzene rings is 1. The molecule has 1 aromatic heterocycles. The van der Waals surface area contributed by atoms with Gasteiger partial charge in [0.15, 0.2) is 5.76 Å². The van der Waals surface area contributed by atoms with Crippen molar-refractivity contribution in [2.24, 2.45) is 23.7 Å². The van der Waals surface area contributed by atoms with Crippen molar-refractivity contribution >= 4 is 16.7 Å². The fourth-order valence-electron chi connectivity index (χ4n) is 5.72. The van der Waals surface area contributed by atoms with E-state index >= 15 is 0 Å². The Hall–Kier alpha value is -2.10. The fraction of sp³-hybridized carbons (Fsp3) is 0.500. The molecular formula is C20H21NO3. The van der Waals surface area contributed by atoms with Gasteiger partial charge >= 0.3 is 5.63 Å². The molecule has 2 aromatic rings. The minimum atomic E-state index is -0.443. The Bertz CT molecular complexity index is 871. The van der Waals surface area contributed by atoms with Crippen molar-refractivity contribution < 1.29 is 9.21 Å². The Morgan fingerprint density at radius 2 is 1.92 bits per heavy atom. The Morgan fingerprint density at radius 3 is 2.83 bits per heavy atom. The summed E-state index contributed by atoms with van der Waals surface area (Å²) in [6.07, 6.45) is 6.41. The van der Waals surface area contributed by atoms with E-state index in [0.29, 0.717) is 11.3 Å². The number of carbonyl (C=O) groups is 1. The van der Waals surface area contributed by atoms with E-state index in [4.69, 9.17) is 4.42 Å². The van der Waals surface area contributed by atoms with Gasteiger partial charge in [0.2, 0.25) is 0 Å². The second kappa shape index (κ2) is 5.20. The number of amides is 1. The van der Waals surface area contributed by atoms with Gasteiger partial charge in [0.25, 0.3) is 5.91 Å². The van der Waals surface area contributed by atoms with Crippen LogP contribution in [0.4, 0.5) is 0 Å². The number of fused-ring (bicyclic) bond motifs is 6. The van der Waals surface area contributed by atoms with E-state index in [9.17, 15) is 9.59 Å². The highest BCUT2D eigenvalue weighted by Crippen LogP contribution is 2.58. The molecule has 4 nitrogen and oxygen atoms in total. The lowest BCUT2D eigenvalue weighted by Gasteiger charge is -2.31. The van der Waals surface area contributed by atoms with Crippen molar-refractivity contribution in [1.82, 2.24) is 5.32 Å². The van der Waals surface area contributed by atoms with E-state index < -0.39 is 5.63 Å². The van der Waals surface area contributed by atoms with Gasteiger partial charge in [-0.05, 0) is 66.9 Å². The molecule has 0 spiro atoms. The average molecular weight is 323 g/mol. The Morgan fingerprint density at radius 1 is 1.08 bits per heavy atom. The van der Waals surface area contributed by atoms with Crippen molar-refractivity contribution in [3.63, 3.8) is 0 Å². The van der Waals surface area contributed by atoms with Gasteiger partial charge in [0, 0.05) is 6.04 Å². The van der Waals surface area contributed by atoms with Crippen LogP contribution >= 0.6 is 0 Å². The van der Waals surface area contributed by atoms with Crippen molar-refractivity contribution in [3.8, 4) is 0 Å². The first-order valence-electron chi connectivity index (χ1n) is 9.04. The van der Waals surface area contributed by atoms with Crippen molar-refractivity contribution in [2.45, 2.75) is 38.1 Å². The molecule has 0 unspecified atom stereocenters. The molecule has 3 saturated carbocycles. The van der Waals surface area contributed by atoms with E-state index in [1.54, 1.807) is 18.2 Å². The van der Waals surface area contributed by atoms with Gasteiger partial charge in [-0.2, -0.15) is 0 Å². The van der Waals surface area contributed by atoms with Crippen LogP contribution in [0.25, 0.3) is 10.8 Å². The molecule has 0 aliphatic heterocycles. The number of nitrogens with one attached hydrogen (secondary N) is 1. The zero-order chi connectivity index (χ0) is 16.3. The summed E-state index contributed by atoms with van der Waals surface area (Å²) in [7, 11) is 0. The first kappa shape index (κ1) is 14.3. The van der Waals surface area contributed by atoms with Crippen LogP contribution in [0.15, 0.2) is 39.5 Å². The lowest BCUT2D eigenvalue weighted by molar-refractivity contribution is 0.0869. The standard InChI is InChI=1S/C20H21NO3/c22-19(18-10-11-4-1-2-5-14(11)20(23)24-18)21-17-9-12-8-16(17)15-7-3-6-13(12)15/h1-2,4-5,10,12-13,15-17H,3,6-9H2,(H,21,22)/t12-,13-,15+,16+,17-/m1/s1. The molecule has 1 aromatic carbocycles. The molecule has 3 aliphatic rings. The maximum Gasteiger partial charge on any atom is 0.344 e. The number of hydrogen-bond acceptors (Lipinski definition) is 3. The highest BCUT2D eigenvalue weighted by atomic mass is 16.4. The minimum absolute atomic E-state index is 0.129. The van der Waals surface area contributed by atoms with Gasteiger partial charge in [0.05, 0.1) is 5.39 Å². The third-order valence-corrected chi connectivity index (χ3v) is 6.64. The maximum absolute atomic E-state index is 12.6. The zero-order valence-corrected chi connectivity index (χ0v) is 13.5. The van der Waals surface area contributed by atoms with Crippen LogP contribution in [-0.4, -0.2) is 11.9 Å². The van der Waals surface area contributed by atoms with Crippen LogP contribution in [0.3, 0.4) is 0 Å². The van der Waals surface area contributed by atoms with Gasteiger partial charge in [-0.15, -0.1) is 0 Å². The molecule has 1 N–H and O–H groups in total. The Labute approximate surface area is 140 Å². The number of carbonyl (C=O) groups excluding carboxylic acids is 1. The molecule has 124 valence electrons. The van der Waals surface area contributed by atoms with Crippen LogP contribution < -0.4 is 10.9 Å². The second-order valence-electron chi connectivity index (χ2n) is 7.72. The molecular weight excluding hydrogens is 302 g/mol. The van der Waals surface area contributed by atoms with Gasteiger partial charge in [-0.1, -0.05) is 24.6 Å². The lowest BCUT2D eigenvalue weighted by Crippen LogP contribution is -2.42. The molecule has 3 fully saturated rings. The molecule has 0 saturated heterocycles. The molecule has 3 aliphatic carbocycles. The summed E-state index contributed by atoms with van der Waals surface area (Å²) in [5.41, 5.74) is -0.443. The van der Waals surface area contributed by atoms with E-state index in [1.165, 1.54) is 25.7 Å². The fourth-order valence-corrected chi connectivity index (χ4v) is 5.72. The third kappa shape index (κ3) is 2.05. The van der Waals surface area contributed by atoms with Gasteiger partial charge in [-0.3, -0.25) is 4.79 Å². The topological polar surface area (TPSA) is 59.3 Å². The monoisotopic (exact) mass is 323 g/mol. The quantitative estimate of drug-likeness (QED) is 0.922. The lowest BCUT2D eigenvalue weighted by atomic mass is 9.79. The van der Waals surface area contributed by atoms with Crippen molar-refractivity contribution in [1.29, 1.82) is 0 Å². The van der Waals surface area contributed by atoms with Crippen LogP contribution in [0.1, 0.15) is 42.7 Å². The van der Waals surface area contributed by atoms with Crippen LogP contribution in [0, 0.1) is 23.7 Å². The largest absolute Gasteiger partial charge is 0.417 e. The predicted molar refractivity (Wildman–Crippen MR) is 90.8 cm³/mol. The van der Waals surface area contributed by atoms with Gasteiger partial charge in [-0.25, -0.2) is 4.79 Å². The molecule has 1 heterocycles. The van der Waals surface area contributed by atoms with Crippen LogP contribution in [0.2, 0.25) is 0 Å². The van der Waals surface area contributed by atoms with Crippen LogP contribution in [-0.2, 0) is 0 Å². The molecule has 4 heteroatoms. The molecule has 0 radical (unpaired) electrons. The number of rotatable bonds is 2. The Kier molecular flexibility index (Phi) is 3.09. The highest BCUT2D eigenvalue weighted by molar-refractivity contribution is 5.95. The molecule has 5 atom stereocenters. The summed E-state index contributed by atoms with van der Waals surface area (Å²) in [4.78, 5) is 24.7. The molecule has 24 heavy (non-hydrogen) atoms. The summed E-state index contributed by atoms with van der Waals surface area (Å²) in [6, 6.07) is 9.14.